The van der Waals surface area contributed by atoms with Gasteiger partial charge in [0.2, 0.25) is 5.91 Å². The number of rotatable bonds is 4. The van der Waals surface area contributed by atoms with Gasteiger partial charge in [0.15, 0.2) is 0 Å². The first-order valence-electron chi connectivity index (χ1n) is 4.20. The van der Waals surface area contributed by atoms with Gasteiger partial charge in [-0.05, 0) is 20.8 Å². The Kier molecular flexibility index (Phi) is 4.87. The summed E-state index contributed by atoms with van der Waals surface area (Å²) in [7, 11) is 0. The van der Waals surface area contributed by atoms with Gasteiger partial charge in [-0.15, -0.1) is 0 Å². The monoisotopic (exact) mass is 188 g/mol. The molecule has 0 heterocycles. The molecule has 13 heavy (non-hydrogen) atoms. The Morgan fingerprint density at radius 1 is 1.46 bits per heavy atom. The minimum Gasteiger partial charge on any atom is -0.450 e. The Hall–Kier alpha value is -1.26. The fraction of sp³-hybridized carbons (Fsp3) is 0.750. The SMILES string of the molecule is CCOC(=O)N(CC(N)=O)C(C)C. The molecule has 0 saturated carbocycles. The van der Waals surface area contributed by atoms with E-state index in [-0.39, 0.29) is 12.6 Å². The van der Waals surface area contributed by atoms with E-state index in [4.69, 9.17) is 10.5 Å². The van der Waals surface area contributed by atoms with Crippen molar-refractivity contribution in [1.29, 1.82) is 0 Å². The lowest BCUT2D eigenvalue weighted by atomic mass is 10.3. The van der Waals surface area contributed by atoms with Crippen molar-refractivity contribution in [3.8, 4) is 0 Å². The number of carbonyl (C=O) groups is 2. The smallest absolute Gasteiger partial charge is 0.410 e. The molecule has 0 saturated heterocycles. The molecule has 76 valence electrons. The van der Waals surface area contributed by atoms with Gasteiger partial charge in [-0.25, -0.2) is 4.79 Å². The highest BCUT2D eigenvalue weighted by Crippen LogP contribution is 2.00. The summed E-state index contributed by atoms with van der Waals surface area (Å²) in [5.41, 5.74) is 4.98. The number of nitrogens with two attached hydrogens (primary N) is 1. The summed E-state index contributed by atoms with van der Waals surface area (Å²) in [6.45, 7) is 5.48. The van der Waals surface area contributed by atoms with E-state index in [1.807, 2.05) is 0 Å². The van der Waals surface area contributed by atoms with Gasteiger partial charge in [0.25, 0.3) is 0 Å². The van der Waals surface area contributed by atoms with E-state index >= 15 is 0 Å². The van der Waals surface area contributed by atoms with Crippen molar-refractivity contribution < 1.29 is 14.3 Å². The molecule has 0 radical (unpaired) electrons. The average Bonchev–Trinajstić information content (AvgIpc) is 1.99. The second-order valence-electron chi connectivity index (χ2n) is 2.89. The first-order chi connectivity index (χ1) is 5.99. The Balaban J connectivity index is 4.24. The molecule has 2 amide bonds. The molecule has 0 aromatic rings. The molecule has 0 fully saturated rings. The fourth-order valence-corrected chi connectivity index (χ4v) is 0.832. The predicted octanol–water partition coefficient (Wildman–Crippen LogP) is 0.339. The lowest BCUT2D eigenvalue weighted by molar-refractivity contribution is -0.119. The molecule has 0 rings (SSSR count). The molecule has 5 nitrogen and oxygen atoms in total. The second kappa shape index (κ2) is 5.40. The van der Waals surface area contributed by atoms with Crippen molar-refractivity contribution in [2.45, 2.75) is 26.8 Å². The number of amides is 2. The molecule has 0 bridgehead atoms. The number of ether oxygens (including phenoxy) is 1. The molecule has 0 spiro atoms. The van der Waals surface area contributed by atoms with Crippen molar-refractivity contribution in [1.82, 2.24) is 4.90 Å². The molecular formula is C8H16N2O3. The van der Waals surface area contributed by atoms with Gasteiger partial charge in [-0.2, -0.15) is 0 Å². The summed E-state index contributed by atoms with van der Waals surface area (Å²) in [5.74, 6) is -0.540. The Morgan fingerprint density at radius 2 is 2.00 bits per heavy atom. The van der Waals surface area contributed by atoms with Crippen molar-refractivity contribution in [3.63, 3.8) is 0 Å². The van der Waals surface area contributed by atoms with Crippen LogP contribution in [0.15, 0.2) is 0 Å². The normalized spacial score (nSPS) is 9.85. The number of hydrogen-bond donors (Lipinski definition) is 1. The van der Waals surface area contributed by atoms with Crippen LogP contribution >= 0.6 is 0 Å². The van der Waals surface area contributed by atoms with Crippen molar-refractivity contribution in [2.75, 3.05) is 13.2 Å². The summed E-state index contributed by atoms with van der Waals surface area (Å²) in [5, 5.41) is 0. The van der Waals surface area contributed by atoms with Gasteiger partial charge >= 0.3 is 6.09 Å². The lowest BCUT2D eigenvalue weighted by Crippen LogP contribution is -2.43. The second-order valence-corrected chi connectivity index (χ2v) is 2.89. The van der Waals surface area contributed by atoms with Gasteiger partial charge in [0, 0.05) is 6.04 Å². The maximum atomic E-state index is 11.2. The molecule has 0 aromatic carbocycles. The maximum absolute atomic E-state index is 11.2. The van der Waals surface area contributed by atoms with Gasteiger partial charge in [0.05, 0.1) is 6.61 Å². The number of carbonyl (C=O) groups excluding carboxylic acids is 2. The van der Waals surface area contributed by atoms with Gasteiger partial charge < -0.3 is 10.5 Å². The highest BCUT2D eigenvalue weighted by atomic mass is 16.6. The quantitative estimate of drug-likeness (QED) is 0.691. The predicted molar refractivity (Wildman–Crippen MR) is 48.1 cm³/mol. The van der Waals surface area contributed by atoms with E-state index < -0.39 is 12.0 Å². The van der Waals surface area contributed by atoms with E-state index in [1.165, 1.54) is 4.90 Å². The fourth-order valence-electron chi connectivity index (χ4n) is 0.832. The van der Waals surface area contributed by atoms with E-state index in [0.29, 0.717) is 6.61 Å². The van der Waals surface area contributed by atoms with Crippen molar-refractivity contribution in [2.24, 2.45) is 5.73 Å². The summed E-state index contributed by atoms with van der Waals surface area (Å²) >= 11 is 0. The summed E-state index contributed by atoms with van der Waals surface area (Å²) < 4.78 is 4.75. The third kappa shape index (κ3) is 4.35. The molecule has 0 aromatic heterocycles. The molecule has 2 N–H and O–H groups in total. The van der Waals surface area contributed by atoms with Crippen LogP contribution in [0.2, 0.25) is 0 Å². The molecule has 0 aliphatic rings. The molecule has 0 aliphatic carbocycles. The molecule has 0 aliphatic heterocycles. The molecule has 5 heteroatoms. The Labute approximate surface area is 77.8 Å². The summed E-state index contributed by atoms with van der Waals surface area (Å²) in [6.07, 6.45) is -0.503. The van der Waals surface area contributed by atoms with Crippen LogP contribution in [0, 0.1) is 0 Å². The van der Waals surface area contributed by atoms with Crippen molar-refractivity contribution in [3.05, 3.63) is 0 Å². The van der Waals surface area contributed by atoms with Crippen LogP contribution < -0.4 is 5.73 Å². The number of hydrogen-bond acceptors (Lipinski definition) is 3. The van der Waals surface area contributed by atoms with E-state index in [2.05, 4.69) is 0 Å². The maximum Gasteiger partial charge on any atom is 0.410 e. The summed E-state index contributed by atoms with van der Waals surface area (Å²) in [6, 6.07) is -0.0912. The molecule has 0 atom stereocenters. The zero-order valence-corrected chi connectivity index (χ0v) is 8.24. The van der Waals surface area contributed by atoms with Crippen LogP contribution in [-0.4, -0.2) is 36.1 Å². The largest absolute Gasteiger partial charge is 0.450 e. The Bertz CT molecular complexity index is 192. The molecular weight excluding hydrogens is 172 g/mol. The zero-order chi connectivity index (χ0) is 10.4. The number of nitrogens with zero attached hydrogens (tertiary/aromatic N) is 1. The van der Waals surface area contributed by atoms with Crippen LogP contribution in [0.25, 0.3) is 0 Å². The van der Waals surface area contributed by atoms with Crippen LogP contribution in [0.4, 0.5) is 4.79 Å². The number of primary amides is 1. The standard InChI is InChI=1S/C8H16N2O3/c1-4-13-8(12)10(6(2)3)5-7(9)11/h6H,4-5H2,1-3H3,(H2,9,11). The van der Waals surface area contributed by atoms with Gasteiger partial charge in [-0.1, -0.05) is 0 Å². The third-order valence-corrected chi connectivity index (χ3v) is 1.45. The van der Waals surface area contributed by atoms with Crippen LogP contribution in [0.1, 0.15) is 20.8 Å². The van der Waals surface area contributed by atoms with E-state index in [1.54, 1.807) is 20.8 Å². The first kappa shape index (κ1) is 11.7. The topological polar surface area (TPSA) is 72.6 Å². The van der Waals surface area contributed by atoms with Crippen molar-refractivity contribution >= 4 is 12.0 Å². The summed E-state index contributed by atoms with van der Waals surface area (Å²) in [4.78, 5) is 23.1. The minimum atomic E-state index is -0.540. The zero-order valence-electron chi connectivity index (χ0n) is 8.24. The van der Waals surface area contributed by atoms with Crippen LogP contribution in [0.5, 0.6) is 0 Å². The third-order valence-electron chi connectivity index (χ3n) is 1.45. The highest BCUT2D eigenvalue weighted by Gasteiger charge is 2.19. The van der Waals surface area contributed by atoms with E-state index in [0.717, 1.165) is 0 Å². The first-order valence-corrected chi connectivity index (χ1v) is 4.20. The minimum absolute atomic E-state index is 0.0912. The van der Waals surface area contributed by atoms with Crippen LogP contribution in [0.3, 0.4) is 0 Å². The highest BCUT2D eigenvalue weighted by molar-refractivity contribution is 5.80. The molecule has 0 unspecified atom stereocenters. The average molecular weight is 188 g/mol. The van der Waals surface area contributed by atoms with Gasteiger partial charge in [-0.3, -0.25) is 9.69 Å². The van der Waals surface area contributed by atoms with Gasteiger partial charge in [0.1, 0.15) is 6.54 Å². The van der Waals surface area contributed by atoms with E-state index in [9.17, 15) is 9.59 Å². The van der Waals surface area contributed by atoms with Crippen LogP contribution in [-0.2, 0) is 9.53 Å². The lowest BCUT2D eigenvalue weighted by Gasteiger charge is -2.23. The Morgan fingerprint density at radius 3 is 2.31 bits per heavy atom.